The Balaban J connectivity index is 2.10. The number of hydrogen-bond donors (Lipinski definition) is 1. The van der Waals surface area contributed by atoms with Gasteiger partial charge in [-0.1, -0.05) is 36.4 Å². The van der Waals surface area contributed by atoms with Gasteiger partial charge in [0, 0.05) is 18.2 Å². The Morgan fingerprint density at radius 2 is 1.59 bits per heavy atom. The molecule has 0 fully saturated rings. The fourth-order valence-electron chi connectivity index (χ4n) is 2.86. The number of benzene rings is 2. The van der Waals surface area contributed by atoms with E-state index in [1.165, 1.54) is 0 Å². The molecule has 4 heteroatoms. The van der Waals surface area contributed by atoms with Crippen LogP contribution in [0.15, 0.2) is 48.5 Å². The topological polar surface area (TPSA) is 47.9 Å². The van der Waals surface area contributed by atoms with Crippen LogP contribution in [0.2, 0.25) is 0 Å². The van der Waals surface area contributed by atoms with Crippen LogP contribution >= 0.6 is 0 Å². The number of aliphatic hydroxyl groups excluding tert-OH is 1. The molecule has 0 aromatic heterocycles. The lowest BCUT2D eigenvalue weighted by molar-refractivity contribution is -0.124. The van der Waals surface area contributed by atoms with Gasteiger partial charge >= 0.3 is 0 Å². The third-order valence-corrected chi connectivity index (χ3v) is 4.19. The van der Waals surface area contributed by atoms with Crippen molar-refractivity contribution in [1.82, 2.24) is 0 Å². The van der Waals surface area contributed by atoms with Gasteiger partial charge in [-0.05, 0) is 19.1 Å². The van der Waals surface area contributed by atoms with Crippen LogP contribution in [0.25, 0.3) is 0 Å². The Kier molecular flexibility index (Phi) is 4.16. The Bertz CT molecular complexity index is 608. The van der Waals surface area contributed by atoms with Crippen molar-refractivity contribution in [3.8, 4) is 11.5 Å². The Labute approximate surface area is 130 Å². The summed E-state index contributed by atoms with van der Waals surface area (Å²) in [7, 11) is 1.60. The van der Waals surface area contributed by atoms with Gasteiger partial charge in [-0.3, -0.25) is 0 Å². The van der Waals surface area contributed by atoms with Crippen LogP contribution in [-0.4, -0.2) is 31.7 Å². The van der Waals surface area contributed by atoms with Crippen LogP contribution < -0.4 is 4.74 Å². The van der Waals surface area contributed by atoms with Gasteiger partial charge in [-0.25, -0.2) is 0 Å². The Morgan fingerprint density at radius 1 is 1.05 bits per heavy atom. The van der Waals surface area contributed by atoms with Gasteiger partial charge in [0.15, 0.2) is 6.29 Å². The number of para-hydroxylation sites is 2. The lowest BCUT2D eigenvalue weighted by Crippen LogP contribution is -2.41. The highest BCUT2D eigenvalue weighted by atomic mass is 16.7. The molecule has 0 bridgehead atoms. The summed E-state index contributed by atoms with van der Waals surface area (Å²) < 4.78 is 16.9. The summed E-state index contributed by atoms with van der Waals surface area (Å²) in [6, 6.07) is 15.5. The highest BCUT2D eigenvalue weighted by Crippen LogP contribution is 2.48. The van der Waals surface area contributed by atoms with Crippen LogP contribution in [0.3, 0.4) is 0 Å². The van der Waals surface area contributed by atoms with E-state index in [9.17, 15) is 5.11 Å². The van der Waals surface area contributed by atoms with Gasteiger partial charge in [0.25, 0.3) is 0 Å². The highest BCUT2D eigenvalue weighted by Gasteiger charge is 2.42. The summed E-state index contributed by atoms with van der Waals surface area (Å²) in [6.07, 6.45) is -0.342. The first-order valence-corrected chi connectivity index (χ1v) is 7.33. The molecule has 0 spiro atoms. The monoisotopic (exact) mass is 300 g/mol. The highest BCUT2D eigenvalue weighted by molar-refractivity contribution is 5.57. The van der Waals surface area contributed by atoms with Gasteiger partial charge in [0.2, 0.25) is 0 Å². The molecule has 3 rings (SSSR count). The number of aliphatic hydroxyl groups is 1. The largest absolute Gasteiger partial charge is 0.457 e. The smallest absolute Gasteiger partial charge is 0.154 e. The van der Waals surface area contributed by atoms with Gasteiger partial charge in [0.05, 0.1) is 18.6 Å². The summed E-state index contributed by atoms with van der Waals surface area (Å²) in [5, 5.41) is 10.2. The standard InChI is InChI=1S/C18H20O4/c1-13(20-2)21-12-18(11-19)14-7-3-5-9-16(14)22-17-10-6-4-8-15(17)18/h3-10,13,19H,11-12H2,1-2H3. The summed E-state index contributed by atoms with van der Waals surface area (Å²) in [5.74, 6) is 1.51. The minimum absolute atomic E-state index is 0.0686. The van der Waals surface area contributed by atoms with Gasteiger partial charge in [-0.15, -0.1) is 0 Å². The lowest BCUT2D eigenvalue weighted by Gasteiger charge is -2.39. The molecular weight excluding hydrogens is 280 g/mol. The zero-order valence-corrected chi connectivity index (χ0v) is 12.8. The molecule has 0 radical (unpaired) electrons. The molecule has 1 unspecified atom stereocenters. The molecule has 116 valence electrons. The number of rotatable bonds is 5. The molecule has 1 aliphatic heterocycles. The van der Waals surface area contributed by atoms with Crippen LogP contribution in [0.4, 0.5) is 0 Å². The maximum absolute atomic E-state index is 10.2. The first kappa shape index (κ1) is 15.0. The van der Waals surface area contributed by atoms with E-state index in [2.05, 4.69) is 0 Å². The van der Waals surface area contributed by atoms with Crippen molar-refractivity contribution in [3.63, 3.8) is 0 Å². The van der Waals surface area contributed by atoms with Crippen LogP contribution in [0, 0.1) is 0 Å². The summed E-state index contributed by atoms with van der Waals surface area (Å²) in [6.45, 7) is 2.08. The Hall–Kier alpha value is -1.88. The van der Waals surface area contributed by atoms with Gasteiger partial charge < -0.3 is 19.3 Å². The van der Waals surface area contributed by atoms with E-state index >= 15 is 0 Å². The fourth-order valence-corrected chi connectivity index (χ4v) is 2.86. The van der Waals surface area contributed by atoms with E-state index in [0.29, 0.717) is 6.61 Å². The summed E-state index contributed by atoms with van der Waals surface area (Å²) in [4.78, 5) is 0. The molecule has 2 aromatic rings. The van der Waals surface area contributed by atoms with Crippen molar-refractivity contribution >= 4 is 0 Å². The predicted molar refractivity (Wildman–Crippen MR) is 83.2 cm³/mol. The Morgan fingerprint density at radius 3 is 2.09 bits per heavy atom. The number of methoxy groups -OCH3 is 1. The first-order chi connectivity index (χ1) is 10.7. The van der Waals surface area contributed by atoms with E-state index < -0.39 is 5.41 Å². The molecule has 4 nitrogen and oxygen atoms in total. The van der Waals surface area contributed by atoms with E-state index in [1.54, 1.807) is 7.11 Å². The molecule has 0 saturated carbocycles. The normalized spacial score (nSPS) is 16.3. The fraction of sp³-hybridized carbons (Fsp3) is 0.333. The van der Waals surface area contributed by atoms with Crippen molar-refractivity contribution < 1.29 is 19.3 Å². The maximum atomic E-state index is 10.2. The zero-order chi connectivity index (χ0) is 15.6. The van der Waals surface area contributed by atoms with E-state index in [0.717, 1.165) is 22.6 Å². The van der Waals surface area contributed by atoms with Crippen molar-refractivity contribution in [2.75, 3.05) is 20.3 Å². The van der Waals surface area contributed by atoms with Crippen molar-refractivity contribution in [2.24, 2.45) is 0 Å². The molecule has 1 N–H and O–H groups in total. The van der Waals surface area contributed by atoms with Crippen molar-refractivity contribution in [3.05, 3.63) is 59.7 Å². The van der Waals surface area contributed by atoms with Crippen LogP contribution in [0.1, 0.15) is 18.1 Å². The van der Waals surface area contributed by atoms with Gasteiger partial charge in [-0.2, -0.15) is 0 Å². The minimum atomic E-state index is -0.655. The zero-order valence-electron chi connectivity index (χ0n) is 12.8. The average molecular weight is 300 g/mol. The van der Waals surface area contributed by atoms with Crippen molar-refractivity contribution in [2.45, 2.75) is 18.6 Å². The third-order valence-electron chi connectivity index (χ3n) is 4.19. The molecule has 22 heavy (non-hydrogen) atoms. The number of ether oxygens (including phenoxy) is 3. The molecule has 0 amide bonds. The molecule has 0 aliphatic carbocycles. The van der Waals surface area contributed by atoms with Crippen molar-refractivity contribution in [1.29, 1.82) is 0 Å². The average Bonchev–Trinajstić information content (AvgIpc) is 2.58. The second-order valence-corrected chi connectivity index (χ2v) is 5.45. The van der Waals surface area contributed by atoms with E-state index in [-0.39, 0.29) is 12.9 Å². The number of fused-ring (bicyclic) bond motifs is 2. The first-order valence-electron chi connectivity index (χ1n) is 7.33. The SMILES string of the molecule is COC(C)OCC1(CO)c2ccccc2Oc2ccccc21. The predicted octanol–water partition coefficient (Wildman–Crippen LogP) is 3.08. The molecule has 1 aliphatic rings. The maximum Gasteiger partial charge on any atom is 0.154 e. The molecule has 1 atom stereocenters. The number of hydrogen-bond acceptors (Lipinski definition) is 4. The minimum Gasteiger partial charge on any atom is -0.457 e. The van der Waals surface area contributed by atoms with E-state index in [1.807, 2.05) is 55.5 Å². The second kappa shape index (κ2) is 6.08. The second-order valence-electron chi connectivity index (χ2n) is 5.45. The van der Waals surface area contributed by atoms with Gasteiger partial charge in [0.1, 0.15) is 11.5 Å². The molecule has 0 saturated heterocycles. The lowest BCUT2D eigenvalue weighted by atomic mass is 9.73. The quantitative estimate of drug-likeness (QED) is 0.862. The van der Waals surface area contributed by atoms with Crippen LogP contribution in [-0.2, 0) is 14.9 Å². The molecule has 2 aromatic carbocycles. The molecular formula is C18H20O4. The summed E-state index contributed by atoms with van der Waals surface area (Å²) in [5.41, 5.74) is 1.21. The molecule has 1 heterocycles. The third kappa shape index (κ3) is 2.39. The van der Waals surface area contributed by atoms with Crippen LogP contribution in [0.5, 0.6) is 11.5 Å². The summed E-state index contributed by atoms with van der Waals surface area (Å²) >= 11 is 0. The van der Waals surface area contributed by atoms with E-state index in [4.69, 9.17) is 14.2 Å².